The van der Waals surface area contributed by atoms with Crippen molar-refractivity contribution in [3.63, 3.8) is 0 Å². The smallest absolute Gasteiger partial charge is 0.349 e. The summed E-state index contributed by atoms with van der Waals surface area (Å²) in [5, 5.41) is 22.5. The summed E-state index contributed by atoms with van der Waals surface area (Å²) in [7, 11) is -3.80. The number of thiophene rings is 1. The molecule has 202 valence electrons. The first-order valence-electron chi connectivity index (χ1n) is 11.9. The lowest BCUT2D eigenvalue weighted by Crippen LogP contribution is -2.46. The Labute approximate surface area is 229 Å². The molecule has 1 aliphatic rings. The number of carboxylic acid groups (broad SMARTS) is 2. The second-order valence-corrected chi connectivity index (χ2v) is 12.2. The van der Waals surface area contributed by atoms with Crippen molar-refractivity contribution in [3.8, 4) is 16.2 Å². The molecule has 0 spiro atoms. The van der Waals surface area contributed by atoms with E-state index in [4.69, 9.17) is 21.4 Å². The number of sulfonamides is 1. The number of nitrogens with one attached hydrogen (secondary N) is 1. The van der Waals surface area contributed by atoms with Gasteiger partial charge in [-0.1, -0.05) is 35.9 Å². The monoisotopic (exact) mass is 578 g/mol. The number of carboxylic acids is 2. The first kappa shape index (κ1) is 27.9. The van der Waals surface area contributed by atoms with Crippen molar-refractivity contribution >= 4 is 50.6 Å². The summed E-state index contributed by atoms with van der Waals surface area (Å²) in [6, 6.07) is 13.4. The molecule has 2 heterocycles. The van der Waals surface area contributed by atoms with Gasteiger partial charge in [0, 0.05) is 21.5 Å². The molecule has 3 N–H and O–H groups in total. The highest BCUT2D eigenvalue weighted by atomic mass is 35.5. The van der Waals surface area contributed by atoms with Crippen molar-refractivity contribution in [2.45, 2.75) is 31.6 Å². The van der Waals surface area contributed by atoms with Gasteiger partial charge in [-0.25, -0.2) is 18.0 Å². The Bertz CT molecular complexity index is 1430. The van der Waals surface area contributed by atoms with E-state index in [-0.39, 0.29) is 22.4 Å². The quantitative estimate of drug-likeness (QED) is 0.317. The van der Waals surface area contributed by atoms with Gasteiger partial charge in [0.25, 0.3) is 0 Å². The third-order valence-electron chi connectivity index (χ3n) is 6.19. The van der Waals surface area contributed by atoms with E-state index in [2.05, 4.69) is 5.32 Å². The van der Waals surface area contributed by atoms with Crippen LogP contribution in [-0.2, 0) is 20.6 Å². The lowest BCUT2D eigenvalue weighted by molar-refractivity contribution is -0.139. The molecule has 9 nitrogen and oxygen atoms in total. The van der Waals surface area contributed by atoms with Crippen molar-refractivity contribution in [2.24, 2.45) is 0 Å². The number of ether oxygens (including phenoxy) is 1. The molecular formula is C26H27ClN2O7S2. The number of hydrogen-bond donors (Lipinski definition) is 3. The first-order chi connectivity index (χ1) is 18.1. The summed E-state index contributed by atoms with van der Waals surface area (Å²) in [6.07, 6.45) is 1.27. The Kier molecular flexibility index (Phi) is 8.61. The predicted molar refractivity (Wildman–Crippen MR) is 147 cm³/mol. The lowest BCUT2D eigenvalue weighted by Gasteiger charge is -2.35. The average Bonchev–Trinajstić information content (AvgIpc) is 3.21. The van der Waals surface area contributed by atoms with E-state index >= 15 is 0 Å². The zero-order valence-electron chi connectivity index (χ0n) is 20.5. The molecule has 1 saturated heterocycles. The number of rotatable bonds is 10. The molecule has 0 radical (unpaired) electrons. The summed E-state index contributed by atoms with van der Waals surface area (Å²) < 4.78 is 34.4. The zero-order valence-corrected chi connectivity index (χ0v) is 22.9. The normalized spacial score (nSPS) is 14.3. The fourth-order valence-electron chi connectivity index (χ4n) is 4.51. The Hall–Kier alpha value is -3.12. The van der Waals surface area contributed by atoms with Gasteiger partial charge in [-0.05, 0) is 68.2 Å². The van der Waals surface area contributed by atoms with Crippen LogP contribution in [0.1, 0.15) is 33.6 Å². The fourth-order valence-corrected chi connectivity index (χ4v) is 7.57. The molecular weight excluding hydrogens is 552 g/mol. The number of carbonyl (C=O) groups is 2. The van der Waals surface area contributed by atoms with Crippen LogP contribution in [-0.4, -0.2) is 56.3 Å². The fraction of sp³-hybridized carbons (Fsp3) is 0.308. The van der Waals surface area contributed by atoms with E-state index in [0.29, 0.717) is 58.2 Å². The van der Waals surface area contributed by atoms with Gasteiger partial charge in [-0.15, -0.1) is 11.3 Å². The second-order valence-electron chi connectivity index (χ2n) is 8.91. The molecule has 3 aromatic rings. The largest absolute Gasteiger partial charge is 0.480 e. The third kappa shape index (κ3) is 6.29. The lowest BCUT2D eigenvalue weighted by atomic mass is 10.0. The highest BCUT2D eigenvalue weighted by Gasteiger charge is 2.32. The van der Waals surface area contributed by atoms with E-state index in [1.807, 2.05) is 0 Å². The number of benzene rings is 2. The summed E-state index contributed by atoms with van der Waals surface area (Å²) in [5.74, 6) is -2.66. The van der Waals surface area contributed by atoms with Crippen molar-refractivity contribution < 1.29 is 33.0 Å². The van der Waals surface area contributed by atoms with Crippen LogP contribution in [0.5, 0.6) is 5.75 Å². The van der Waals surface area contributed by atoms with Crippen LogP contribution < -0.4 is 14.4 Å². The number of hydrogen-bond acceptors (Lipinski definition) is 7. The van der Waals surface area contributed by atoms with Crippen LogP contribution >= 0.6 is 22.9 Å². The molecule has 1 aliphatic heterocycles. The molecule has 0 aliphatic carbocycles. The zero-order chi connectivity index (χ0) is 27.4. The van der Waals surface area contributed by atoms with Gasteiger partial charge in [0.05, 0.1) is 11.4 Å². The van der Waals surface area contributed by atoms with E-state index < -0.39 is 28.6 Å². The number of aromatic carboxylic acids is 1. The van der Waals surface area contributed by atoms with Gasteiger partial charge >= 0.3 is 11.9 Å². The summed E-state index contributed by atoms with van der Waals surface area (Å²) in [4.78, 5) is 23.3. The van der Waals surface area contributed by atoms with Crippen molar-refractivity contribution in [3.05, 3.63) is 69.6 Å². The molecule has 1 fully saturated rings. The van der Waals surface area contributed by atoms with Gasteiger partial charge in [-0.3, -0.25) is 4.31 Å². The van der Waals surface area contributed by atoms with Crippen LogP contribution in [0.2, 0.25) is 5.02 Å². The number of halogens is 1. The van der Waals surface area contributed by atoms with E-state index in [1.54, 1.807) is 55.5 Å². The number of aliphatic carboxylic acids is 1. The van der Waals surface area contributed by atoms with Gasteiger partial charge in [0.2, 0.25) is 10.0 Å². The maximum Gasteiger partial charge on any atom is 0.349 e. The maximum atomic E-state index is 13.8. The minimum Gasteiger partial charge on any atom is -0.480 e. The summed E-state index contributed by atoms with van der Waals surface area (Å²) in [5.41, 5.74) is 2.17. The van der Waals surface area contributed by atoms with Gasteiger partial charge < -0.3 is 20.3 Å². The SMILES string of the molecule is Cc1c(-c2cccc(N(C3CCNCC3)S(=O)(=O)Cc3ccc(Cl)cc3)c2)sc(C(=O)O)c1OCC(=O)O. The Morgan fingerprint density at radius 3 is 2.45 bits per heavy atom. The van der Waals surface area contributed by atoms with Crippen LogP contribution in [0.4, 0.5) is 5.69 Å². The van der Waals surface area contributed by atoms with E-state index in [0.717, 1.165) is 11.3 Å². The topological polar surface area (TPSA) is 133 Å². The molecule has 0 bridgehead atoms. The highest BCUT2D eigenvalue weighted by molar-refractivity contribution is 7.92. The highest BCUT2D eigenvalue weighted by Crippen LogP contribution is 2.42. The molecule has 38 heavy (non-hydrogen) atoms. The molecule has 0 unspecified atom stereocenters. The Balaban J connectivity index is 1.76. The minimum absolute atomic E-state index is 0.00382. The molecule has 4 rings (SSSR count). The molecule has 0 amide bonds. The Morgan fingerprint density at radius 1 is 1.13 bits per heavy atom. The van der Waals surface area contributed by atoms with Gasteiger partial charge in [-0.2, -0.15) is 0 Å². The molecule has 0 saturated carbocycles. The minimum atomic E-state index is -3.80. The molecule has 1 aromatic heterocycles. The predicted octanol–water partition coefficient (Wildman–Crippen LogP) is 4.63. The third-order valence-corrected chi connectivity index (χ3v) is 9.56. The van der Waals surface area contributed by atoms with Crippen molar-refractivity contribution in [1.29, 1.82) is 0 Å². The summed E-state index contributed by atoms with van der Waals surface area (Å²) in [6.45, 7) is 2.36. The number of piperidine rings is 1. The van der Waals surface area contributed by atoms with E-state index in [1.165, 1.54) is 4.31 Å². The second kappa shape index (κ2) is 11.7. The van der Waals surface area contributed by atoms with Gasteiger partial charge in [0.1, 0.15) is 5.75 Å². The molecule has 12 heteroatoms. The molecule has 2 aromatic carbocycles. The van der Waals surface area contributed by atoms with Crippen LogP contribution in [0.15, 0.2) is 48.5 Å². The number of anilines is 1. The first-order valence-corrected chi connectivity index (χ1v) is 14.7. The van der Waals surface area contributed by atoms with E-state index in [9.17, 15) is 23.1 Å². The van der Waals surface area contributed by atoms with Crippen LogP contribution in [0.25, 0.3) is 10.4 Å². The standard InChI is InChI=1S/C26H27ClN2O7S2/c1-16-23(36-14-22(30)31)25(26(32)33)37-24(16)18-3-2-4-21(13-18)29(20-9-11-28-12-10-20)38(34,35)15-17-5-7-19(27)8-6-17/h2-8,13,20,28H,9-12,14-15H2,1H3,(H,30,31)(H,32,33). The Morgan fingerprint density at radius 2 is 1.82 bits per heavy atom. The van der Waals surface area contributed by atoms with Gasteiger partial charge in [0.15, 0.2) is 11.5 Å². The van der Waals surface area contributed by atoms with Crippen molar-refractivity contribution in [1.82, 2.24) is 5.32 Å². The summed E-state index contributed by atoms with van der Waals surface area (Å²) >= 11 is 6.94. The average molecular weight is 579 g/mol. The van der Waals surface area contributed by atoms with Crippen LogP contribution in [0, 0.1) is 6.92 Å². The maximum absolute atomic E-state index is 13.8. The van der Waals surface area contributed by atoms with Crippen LogP contribution in [0.3, 0.4) is 0 Å². The van der Waals surface area contributed by atoms with Crippen molar-refractivity contribution in [2.75, 3.05) is 24.0 Å². The molecule has 0 atom stereocenters. The number of nitrogens with zero attached hydrogens (tertiary/aromatic N) is 1.